The number of carboxylic acids is 1. The maximum Gasteiger partial charge on any atom is 0.335 e. The third kappa shape index (κ3) is 3.94. The van der Waals surface area contributed by atoms with Gasteiger partial charge in [-0.25, -0.2) is 4.79 Å². The van der Waals surface area contributed by atoms with Crippen molar-refractivity contribution in [2.45, 2.75) is 6.61 Å². The van der Waals surface area contributed by atoms with Crippen LogP contribution < -0.4 is 4.74 Å². The van der Waals surface area contributed by atoms with Crippen molar-refractivity contribution in [1.82, 2.24) is 4.90 Å². The van der Waals surface area contributed by atoms with Gasteiger partial charge in [-0.3, -0.25) is 14.5 Å². The number of carbonyl (C=O) groups excluding carboxylic acids is 2. The van der Waals surface area contributed by atoms with E-state index >= 15 is 0 Å². The lowest BCUT2D eigenvalue weighted by molar-refractivity contribution is -0.121. The smallest absolute Gasteiger partial charge is 0.335 e. The Balaban J connectivity index is 1.65. The van der Waals surface area contributed by atoms with Crippen LogP contribution in [0.3, 0.4) is 0 Å². The lowest BCUT2D eigenvalue weighted by Gasteiger charge is -2.07. The Hall–Kier alpha value is -3.06. The molecule has 2 amide bonds. The average Bonchev–Trinajstić information content (AvgIpc) is 2.88. The van der Waals surface area contributed by atoms with Gasteiger partial charge in [0.1, 0.15) is 12.4 Å². The molecule has 3 rings (SSSR count). The predicted molar refractivity (Wildman–Crippen MR) is 97.9 cm³/mol. The third-order valence-electron chi connectivity index (χ3n) is 3.74. The number of ether oxygens (including phenoxy) is 1. The van der Waals surface area contributed by atoms with Crippen molar-refractivity contribution >= 4 is 35.0 Å². The molecule has 0 spiro atoms. The number of nitrogens with zero attached hydrogens (tertiary/aromatic N) is 1. The van der Waals surface area contributed by atoms with E-state index in [2.05, 4.69) is 0 Å². The number of hydrogen-bond donors (Lipinski definition) is 1. The van der Waals surface area contributed by atoms with E-state index in [1.54, 1.807) is 48.5 Å². The summed E-state index contributed by atoms with van der Waals surface area (Å²) in [6.45, 7) is 0.245. The highest BCUT2D eigenvalue weighted by atomic mass is 32.2. The van der Waals surface area contributed by atoms with Crippen LogP contribution in [0.4, 0.5) is 4.79 Å². The fourth-order valence-electron chi connectivity index (χ4n) is 2.32. The van der Waals surface area contributed by atoms with Crippen molar-refractivity contribution in [3.63, 3.8) is 0 Å². The number of likely N-dealkylation sites (N-methyl/N-ethyl adjacent to an activating group) is 1. The molecule has 1 aliphatic heterocycles. The van der Waals surface area contributed by atoms with Crippen molar-refractivity contribution < 1.29 is 24.2 Å². The standard InChI is InChI=1S/C19H15NO5S/c1-20-17(21)16(26-19(20)24)10-12-5-7-15(8-6-12)25-11-13-3-2-4-14(9-13)18(22)23/h2-10H,11H2,1H3,(H,22,23)/b16-10+. The number of amides is 2. The molecule has 2 aromatic rings. The van der Waals surface area contributed by atoms with Crippen molar-refractivity contribution in [3.8, 4) is 5.75 Å². The maximum atomic E-state index is 11.9. The lowest BCUT2D eigenvalue weighted by atomic mass is 10.1. The Labute approximate surface area is 154 Å². The van der Waals surface area contributed by atoms with Gasteiger partial charge in [0.15, 0.2) is 0 Å². The summed E-state index contributed by atoms with van der Waals surface area (Å²) in [5, 5.41) is 8.71. The molecule has 1 heterocycles. The Morgan fingerprint density at radius 3 is 2.54 bits per heavy atom. The van der Waals surface area contributed by atoms with E-state index in [4.69, 9.17) is 9.84 Å². The normalized spacial score (nSPS) is 15.6. The fourth-order valence-corrected chi connectivity index (χ4v) is 3.15. The summed E-state index contributed by atoms with van der Waals surface area (Å²) in [4.78, 5) is 35.8. The van der Waals surface area contributed by atoms with E-state index in [-0.39, 0.29) is 23.3 Å². The van der Waals surface area contributed by atoms with Crippen LogP contribution in [0.5, 0.6) is 5.75 Å². The van der Waals surface area contributed by atoms with E-state index in [0.29, 0.717) is 10.7 Å². The molecule has 26 heavy (non-hydrogen) atoms. The summed E-state index contributed by atoms with van der Waals surface area (Å²) in [5.74, 6) is -0.669. The quantitative estimate of drug-likeness (QED) is 0.810. The number of hydrogen-bond acceptors (Lipinski definition) is 5. The van der Waals surface area contributed by atoms with Crippen LogP contribution >= 0.6 is 11.8 Å². The number of rotatable bonds is 5. The molecular weight excluding hydrogens is 354 g/mol. The molecule has 2 aromatic carbocycles. The second-order valence-corrected chi connectivity index (χ2v) is 6.60. The summed E-state index contributed by atoms with van der Waals surface area (Å²) in [6.07, 6.45) is 1.66. The molecule has 0 atom stereocenters. The van der Waals surface area contributed by atoms with Crippen LogP contribution in [-0.4, -0.2) is 34.2 Å². The molecule has 6 nitrogen and oxygen atoms in total. The van der Waals surface area contributed by atoms with Crippen LogP contribution in [0.25, 0.3) is 6.08 Å². The second kappa shape index (κ2) is 7.45. The van der Waals surface area contributed by atoms with E-state index in [0.717, 1.165) is 27.8 Å². The molecule has 0 bridgehead atoms. The van der Waals surface area contributed by atoms with Gasteiger partial charge >= 0.3 is 5.97 Å². The highest BCUT2D eigenvalue weighted by Crippen LogP contribution is 2.31. The number of benzene rings is 2. The Kier molecular flexibility index (Phi) is 5.09. The first-order valence-corrected chi connectivity index (χ1v) is 8.52. The van der Waals surface area contributed by atoms with Crippen LogP contribution in [0.15, 0.2) is 53.4 Å². The average molecular weight is 369 g/mol. The Morgan fingerprint density at radius 1 is 1.19 bits per heavy atom. The van der Waals surface area contributed by atoms with Gasteiger partial charge in [0.2, 0.25) is 0 Å². The van der Waals surface area contributed by atoms with Gasteiger partial charge < -0.3 is 9.84 Å². The van der Waals surface area contributed by atoms with E-state index < -0.39 is 5.97 Å². The van der Waals surface area contributed by atoms with Gasteiger partial charge in [-0.2, -0.15) is 0 Å². The van der Waals surface area contributed by atoms with Gasteiger partial charge in [-0.1, -0.05) is 24.3 Å². The molecule has 1 saturated heterocycles. The molecule has 0 unspecified atom stereocenters. The predicted octanol–water partition coefficient (Wildman–Crippen LogP) is 3.63. The van der Waals surface area contributed by atoms with Crippen LogP contribution in [0.2, 0.25) is 0 Å². The van der Waals surface area contributed by atoms with Crippen molar-refractivity contribution in [3.05, 3.63) is 70.1 Å². The number of imide groups is 1. The summed E-state index contributed by atoms with van der Waals surface area (Å²) in [6, 6.07) is 13.6. The van der Waals surface area contributed by atoms with Gasteiger partial charge in [0.25, 0.3) is 11.1 Å². The first kappa shape index (κ1) is 17.8. The number of aromatic carboxylic acids is 1. The summed E-state index contributed by atoms with van der Waals surface area (Å²) >= 11 is 0.911. The minimum Gasteiger partial charge on any atom is -0.489 e. The summed E-state index contributed by atoms with van der Waals surface area (Å²) in [5.41, 5.74) is 1.75. The highest BCUT2D eigenvalue weighted by molar-refractivity contribution is 8.18. The monoisotopic (exact) mass is 369 g/mol. The van der Waals surface area contributed by atoms with Crippen LogP contribution in [0.1, 0.15) is 21.5 Å². The molecule has 0 aliphatic carbocycles. The minimum atomic E-state index is -0.979. The Bertz CT molecular complexity index is 904. The highest BCUT2D eigenvalue weighted by Gasteiger charge is 2.31. The van der Waals surface area contributed by atoms with Gasteiger partial charge in [-0.15, -0.1) is 0 Å². The fraction of sp³-hybridized carbons (Fsp3) is 0.105. The molecule has 0 aromatic heterocycles. The lowest BCUT2D eigenvalue weighted by Crippen LogP contribution is -2.22. The molecule has 0 radical (unpaired) electrons. The van der Waals surface area contributed by atoms with E-state index in [9.17, 15) is 14.4 Å². The topological polar surface area (TPSA) is 83.9 Å². The molecule has 1 N–H and O–H groups in total. The zero-order chi connectivity index (χ0) is 18.7. The number of thioether (sulfide) groups is 1. The number of carbonyl (C=O) groups is 3. The zero-order valence-electron chi connectivity index (χ0n) is 13.8. The molecule has 0 saturated carbocycles. The SMILES string of the molecule is CN1C(=O)S/C(=C/c2ccc(OCc3cccc(C(=O)O)c3)cc2)C1=O. The number of carboxylic acid groups (broad SMARTS) is 1. The first-order chi connectivity index (χ1) is 12.4. The van der Waals surface area contributed by atoms with E-state index in [1.807, 2.05) is 0 Å². The summed E-state index contributed by atoms with van der Waals surface area (Å²) in [7, 11) is 1.45. The van der Waals surface area contributed by atoms with Crippen molar-refractivity contribution in [2.24, 2.45) is 0 Å². The molecule has 132 valence electrons. The first-order valence-electron chi connectivity index (χ1n) is 7.71. The zero-order valence-corrected chi connectivity index (χ0v) is 14.7. The van der Waals surface area contributed by atoms with E-state index in [1.165, 1.54) is 13.1 Å². The van der Waals surface area contributed by atoms with Crippen molar-refractivity contribution in [2.75, 3.05) is 7.05 Å². The largest absolute Gasteiger partial charge is 0.489 e. The van der Waals surface area contributed by atoms with Crippen molar-refractivity contribution in [1.29, 1.82) is 0 Å². The minimum absolute atomic E-state index is 0.214. The third-order valence-corrected chi connectivity index (χ3v) is 4.70. The molecule has 1 aliphatic rings. The van der Waals surface area contributed by atoms with Gasteiger partial charge in [0, 0.05) is 7.05 Å². The second-order valence-electron chi connectivity index (χ2n) is 5.60. The molecule has 7 heteroatoms. The van der Waals surface area contributed by atoms with Crippen LogP contribution in [0, 0.1) is 0 Å². The van der Waals surface area contributed by atoms with Crippen LogP contribution in [-0.2, 0) is 11.4 Å². The Morgan fingerprint density at radius 2 is 1.92 bits per heavy atom. The molecule has 1 fully saturated rings. The maximum absolute atomic E-state index is 11.9. The summed E-state index contributed by atoms with van der Waals surface area (Å²) < 4.78 is 5.66. The van der Waals surface area contributed by atoms with Gasteiger partial charge in [0.05, 0.1) is 10.5 Å². The van der Waals surface area contributed by atoms with Gasteiger partial charge in [-0.05, 0) is 53.2 Å². The molecular formula is C19H15NO5S.